The van der Waals surface area contributed by atoms with E-state index >= 15 is 0 Å². The average Bonchev–Trinajstić information content (AvgIpc) is 3.11. The van der Waals surface area contributed by atoms with Crippen molar-refractivity contribution in [3.63, 3.8) is 0 Å². The highest BCUT2D eigenvalue weighted by molar-refractivity contribution is 5.53. The van der Waals surface area contributed by atoms with E-state index in [0.29, 0.717) is 24.1 Å². The second-order valence-electron chi connectivity index (χ2n) is 9.09. The monoisotopic (exact) mass is 407 g/mol. The summed E-state index contributed by atoms with van der Waals surface area (Å²) in [6.45, 7) is 5.17. The smallest absolute Gasteiger partial charge is 0.318 e. The van der Waals surface area contributed by atoms with Crippen LogP contribution >= 0.6 is 0 Å². The molecule has 2 bridgehead atoms. The van der Waals surface area contributed by atoms with Crippen LogP contribution in [0.1, 0.15) is 54.6 Å². The van der Waals surface area contributed by atoms with Gasteiger partial charge >= 0.3 is 6.01 Å². The van der Waals surface area contributed by atoms with Crippen molar-refractivity contribution in [2.45, 2.75) is 63.7 Å². The number of rotatable bonds is 5. The SMILES string of the molecule is CCCc1ccccc1C1Cc2nc(OC)nc(N3CC4CCC(C3)N4)c2CN1C. The van der Waals surface area contributed by atoms with Gasteiger partial charge < -0.3 is 15.0 Å². The first-order valence-corrected chi connectivity index (χ1v) is 11.4. The molecular weight excluding hydrogens is 374 g/mol. The lowest BCUT2D eigenvalue weighted by Gasteiger charge is -2.39. The predicted molar refractivity (Wildman–Crippen MR) is 119 cm³/mol. The van der Waals surface area contributed by atoms with Gasteiger partial charge in [0.2, 0.25) is 0 Å². The first kappa shape index (κ1) is 19.8. The zero-order valence-corrected chi connectivity index (χ0v) is 18.4. The van der Waals surface area contributed by atoms with Gasteiger partial charge in [-0.2, -0.15) is 9.97 Å². The fourth-order valence-corrected chi connectivity index (χ4v) is 5.55. The van der Waals surface area contributed by atoms with Crippen molar-refractivity contribution in [3.05, 3.63) is 46.6 Å². The molecule has 5 rings (SSSR count). The topological polar surface area (TPSA) is 53.5 Å². The van der Waals surface area contributed by atoms with E-state index in [1.165, 1.54) is 29.5 Å². The van der Waals surface area contributed by atoms with E-state index in [0.717, 1.165) is 50.4 Å². The molecule has 3 aliphatic rings. The van der Waals surface area contributed by atoms with Gasteiger partial charge in [-0.1, -0.05) is 37.6 Å². The Labute approximate surface area is 179 Å². The summed E-state index contributed by atoms with van der Waals surface area (Å²) in [7, 11) is 3.92. The van der Waals surface area contributed by atoms with Crippen LogP contribution in [0.3, 0.4) is 0 Å². The van der Waals surface area contributed by atoms with Crippen LogP contribution in [0, 0.1) is 0 Å². The fraction of sp³-hybridized carbons (Fsp3) is 0.583. The van der Waals surface area contributed by atoms with E-state index in [1.54, 1.807) is 7.11 Å². The zero-order chi connectivity index (χ0) is 20.7. The van der Waals surface area contributed by atoms with Crippen LogP contribution in [0.5, 0.6) is 6.01 Å². The Hall–Kier alpha value is -2.18. The van der Waals surface area contributed by atoms with Gasteiger partial charge in [0, 0.05) is 49.7 Å². The molecule has 6 heteroatoms. The van der Waals surface area contributed by atoms with Crippen molar-refractivity contribution in [3.8, 4) is 6.01 Å². The molecule has 160 valence electrons. The van der Waals surface area contributed by atoms with Gasteiger partial charge in [-0.25, -0.2) is 0 Å². The van der Waals surface area contributed by atoms with Gasteiger partial charge in [-0.05, 0) is 37.4 Å². The van der Waals surface area contributed by atoms with Gasteiger partial charge in [0.25, 0.3) is 0 Å². The van der Waals surface area contributed by atoms with E-state index in [-0.39, 0.29) is 0 Å². The van der Waals surface area contributed by atoms with Crippen molar-refractivity contribution in [2.24, 2.45) is 0 Å². The number of benzene rings is 1. The van der Waals surface area contributed by atoms with Crippen LogP contribution in [-0.2, 0) is 19.4 Å². The summed E-state index contributed by atoms with van der Waals surface area (Å²) in [4.78, 5) is 14.6. The molecule has 2 fully saturated rings. The number of likely N-dealkylation sites (N-methyl/N-ethyl adjacent to an activating group) is 1. The largest absolute Gasteiger partial charge is 0.467 e. The Kier molecular flexibility index (Phi) is 5.37. The molecule has 0 spiro atoms. The highest BCUT2D eigenvalue weighted by Crippen LogP contribution is 2.38. The minimum atomic E-state index is 0.340. The molecule has 3 aliphatic heterocycles. The standard InChI is InChI=1S/C24H33N5O/c1-4-7-16-8-5-6-9-19(16)22-12-21-20(15-28(22)2)23(27-24(26-21)30-3)29-13-17-10-11-18(14-29)25-17/h5-6,8-9,17-18,22,25H,4,7,10-15H2,1-3H3. The third kappa shape index (κ3) is 3.56. The predicted octanol–water partition coefficient (Wildman–Crippen LogP) is 3.11. The van der Waals surface area contributed by atoms with Crippen LogP contribution in [0.4, 0.5) is 5.82 Å². The Morgan fingerprint density at radius 2 is 1.90 bits per heavy atom. The Morgan fingerprint density at radius 1 is 1.13 bits per heavy atom. The number of nitrogens with one attached hydrogen (secondary N) is 1. The summed E-state index contributed by atoms with van der Waals surface area (Å²) < 4.78 is 5.53. The minimum Gasteiger partial charge on any atom is -0.467 e. The van der Waals surface area contributed by atoms with Crippen molar-refractivity contribution >= 4 is 5.82 Å². The lowest BCUT2D eigenvalue weighted by atomic mass is 9.89. The maximum Gasteiger partial charge on any atom is 0.318 e. The molecule has 6 nitrogen and oxygen atoms in total. The van der Waals surface area contributed by atoms with Crippen LogP contribution in [-0.4, -0.2) is 54.2 Å². The van der Waals surface area contributed by atoms with Gasteiger partial charge in [0.1, 0.15) is 5.82 Å². The van der Waals surface area contributed by atoms with E-state index in [4.69, 9.17) is 14.7 Å². The molecule has 1 N–H and O–H groups in total. The first-order chi connectivity index (χ1) is 14.7. The molecule has 0 radical (unpaired) electrons. The molecule has 3 unspecified atom stereocenters. The summed E-state index contributed by atoms with van der Waals surface area (Å²) in [6, 6.07) is 10.9. The minimum absolute atomic E-state index is 0.340. The maximum atomic E-state index is 5.53. The number of nitrogens with zero attached hydrogens (tertiary/aromatic N) is 4. The number of piperazine rings is 1. The quantitative estimate of drug-likeness (QED) is 0.822. The van der Waals surface area contributed by atoms with Crippen molar-refractivity contribution in [2.75, 3.05) is 32.1 Å². The molecule has 1 aromatic carbocycles. The molecule has 0 saturated carbocycles. The van der Waals surface area contributed by atoms with Crippen LogP contribution in [0.25, 0.3) is 0 Å². The summed E-state index contributed by atoms with van der Waals surface area (Å²) in [5.74, 6) is 1.09. The number of hydrogen-bond acceptors (Lipinski definition) is 6. The molecule has 3 atom stereocenters. The van der Waals surface area contributed by atoms with Gasteiger partial charge in [-0.3, -0.25) is 4.90 Å². The van der Waals surface area contributed by atoms with E-state index in [1.807, 2.05) is 0 Å². The third-order valence-corrected chi connectivity index (χ3v) is 7.01. The molecule has 0 amide bonds. The van der Waals surface area contributed by atoms with Crippen molar-refractivity contribution in [1.29, 1.82) is 0 Å². The van der Waals surface area contributed by atoms with Crippen molar-refractivity contribution < 1.29 is 4.74 Å². The Bertz CT molecular complexity index is 904. The highest BCUT2D eigenvalue weighted by Gasteiger charge is 2.36. The molecule has 2 saturated heterocycles. The van der Waals surface area contributed by atoms with E-state index in [2.05, 4.69) is 53.4 Å². The third-order valence-electron chi connectivity index (χ3n) is 7.01. The number of hydrogen-bond donors (Lipinski definition) is 1. The fourth-order valence-electron chi connectivity index (χ4n) is 5.55. The maximum absolute atomic E-state index is 5.53. The van der Waals surface area contributed by atoms with Crippen LogP contribution < -0.4 is 15.0 Å². The average molecular weight is 408 g/mol. The van der Waals surface area contributed by atoms with Gasteiger partial charge in [0.15, 0.2) is 0 Å². The van der Waals surface area contributed by atoms with Crippen LogP contribution in [0.15, 0.2) is 24.3 Å². The molecular formula is C24H33N5O. The van der Waals surface area contributed by atoms with Gasteiger partial charge in [-0.15, -0.1) is 0 Å². The number of anilines is 1. The summed E-state index contributed by atoms with van der Waals surface area (Å²) >= 11 is 0. The first-order valence-electron chi connectivity index (χ1n) is 11.4. The summed E-state index contributed by atoms with van der Waals surface area (Å²) in [5.41, 5.74) is 5.33. The van der Waals surface area contributed by atoms with E-state index in [9.17, 15) is 0 Å². The Morgan fingerprint density at radius 3 is 2.63 bits per heavy atom. The molecule has 0 aliphatic carbocycles. The normalized spacial score (nSPS) is 26.0. The molecule has 30 heavy (non-hydrogen) atoms. The lowest BCUT2D eigenvalue weighted by molar-refractivity contribution is 0.212. The van der Waals surface area contributed by atoms with E-state index < -0.39 is 0 Å². The molecule has 1 aromatic heterocycles. The number of fused-ring (bicyclic) bond motifs is 3. The summed E-state index contributed by atoms with van der Waals surface area (Å²) in [5, 5.41) is 3.73. The van der Waals surface area contributed by atoms with Crippen LogP contribution in [0.2, 0.25) is 0 Å². The second-order valence-corrected chi connectivity index (χ2v) is 9.09. The number of aromatic nitrogens is 2. The number of aryl methyl sites for hydroxylation is 1. The zero-order valence-electron chi connectivity index (χ0n) is 18.4. The Balaban J connectivity index is 1.51. The summed E-state index contributed by atoms with van der Waals surface area (Å²) in [6.07, 6.45) is 5.71. The molecule has 2 aromatic rings. The lowest BCUT2D eigenvalue weighted by Crippen LogP contribution is -2.52. The number of ether oxygens (including phenoxy) is 1. The molecule has 4 heterocycles. The van der Waals surface area contributed by atoms with Crippen molar-refractivity contribution in [1.82, 2.24) is 20.2 Å². The van der Waals surface area contributed by atoms with Gasteiger partial charge in [0.05, 0.1) is 12.8 Å². The second kappa shape index (κ2) is 8.16. The number of methoxy groups -OCH3 is 1. The highest BCUT2D eigenvalue weighted by atomic mass is 16.5.